The van der Waals surface area contributed by atoms with Crippen LogP contribution in [0.3, 0.4) is 0 Å². The van der Waals surface area contributed by atoms with E-state index < -0.39 is 0 Å². The van der Waals surface area contributed by atoms with Crippen molar-refractivity contribution in [2.45, 2.75) is 13.3 Å². The van der Waals surface area contributed by atoms with Gasteiger partial charge in [-0.25, -0.2) is 0 Å². The average Bonchev–Trinajstić information content (AvgIpc) is 2.60. The predicted molar refractivity (Wildman–Crippen MR) is 71.8 cm³/mol. The number of methoxy groups -OCH3 is 1. The van der Waals surface area contributed by atoms with E-state index in [9.17, 15) is 0 Å². The zero-order valence-electron chi connectivity index (χ0n) is 11.0. The van der Waals surface area contributed by atoms with Gasteiger partial charge in [0.05, 0.1) is 12.6 Å². The molecule has 0 aliphatic rings. The van der Waals surface area contributed by atoms with Gasteiger partial charge in [-0.1, -0.05) is 12.1 Å². The van der Waals surface area contributed by atoms with Gasteiger partial charge in [-0.05, 0) is 38.6 Å². The lowest BCUT2D eigenvalue weighted by molar-refractivity contribution is 0.418. The Morgan fingerprint density at radius 2 is 2.12 bits per heavy atom. The minimum atomic E-state index is 0.948. The van der Waals surface area contributed by atoms with Crippen molar-refractivity contribution in [2.75, 3.05) is 20.7 Å². The van der Waals surface area contributed by atoms with Crippen molar-refractivity contribution in [3.63, 3.8) is 0 Å². The van der Waals surface area contributed by atoms with Gasteiger partial charge in [0.25, 0.3) is 0 Å². The Morgan fingerprint density at radius 1 is 1.35 bits per heavy atom. The first-order chi connectivity index (χ1) is 8.20. The lowest BCUT2D eigenvalue weighted by Gasteiger charge is -2.04. The fraction of sp³-hybridized carbons (Fsp3) is 0.429. The fourth-order valence-corrected chi connectivity index (χ4v) is 2.41. The molecule has 3 nitrogen and oxygen atoms in total. The second-order valence-electron chi connectivity index (χ2n) is 4.33. The van der Waals surface area contributed by atoms with E-state index in [2.05, 4.69) is 36.0 Å². The molecule has 0 spiro atoms. The molecule has 0 amide bonds. The van der Waals surface area contributed by atoms with Crippen LogP contribution in [0.25, 0.3) is 10.9 Å². The minimum Gasteiger partial charge on any atom is -0.495 e. The maximum absolute atomic E-state index is 5.44. The Labute approximate surface area is 102 Å². The molecule has 3 heteroatoms. The van der Waals surface area contributed by atoms with E-state index in [1.54, 1.807) is 7.11 Å². The number of hydrogen-bond acceptors (Lipinski definition) is 2. The summed E-state index contributed by atoms with van der Waals surface area (Å²) in [5, 5.41) is 4.51. The van der Waals surface area contributed by atoms with Crippen molar-refractivity contribution >= 4 is 10.9 Å². The summed E-state index contributed by atoms with van der Waals surface area (Å²) in [6, 6.07) is 6.25. The first kappa shape index (κ1) is 12.0. The zero-order chi connectivity index (χ0) is 12.4. The number of aryl methyl sites for hydroxylation is 1. The molecule has 0 radical (unpaired) electrons. The molecule has 0 aliphatic carbocycles. The minimum absolute atomic E-state index is 0.948. The van der Waals surface area contributed by atoms with E-state index in [4.69, 9.17) is 4.74 Å². The number of hydrogen-bond donors (Lipinski definition) is 1. The molecule has 0 atom stereocenters. The van der Waals surface area contributed by atoms with Gasteiger partial charge in [-0.2, -0.15) is 0 Å². The summed E-state index contributed by atoms with van der Waals surface area (Å²) in [7, 11) is 5.81. The number of likely N-dealkylation sites (N-methyl/N-ethyl adjacent to an activating group) is 1. The van der Waals surface area contributed by atoms with Gasteiger partial charge < -0.3 is 14.6 Å². The average molecular weight is 232 g/mol. The third-order valence-electron chi connectivity index (χ3n) is 3.44. The Balaban J connectivity index is 2.64. The maximum Gasteiger partial charge on any atom is 0.143 e. The second-order valence-corrected chi connectivity index (χ2v) is 4.33. The number of para-hydroxylation sites is 1. The van der Waals surface area contributed by atoms with Crippen LogP contribution >= 0.6 is 0 Å². The normalized spacial score (nSPS) is 11.1. The summed E-state index contributed by atoms with van der Waals surface area (Å²) < 4.78 is 7.67. The van der Waals surface area contributed by atoms with Crippen LogP contribution in [0.1, 0.15) is 11.3 Å². The number of aromatic nitrogens is 1. The number of nitrogens with one attached hydrogen (secondary N) is 1. The van der Waals surface area contributed by atoms with E-state index >= 15 is 0 Å². The lowest BCUT2D eigenvalue weighted by Crippen LogP contribution is -2.10. The van der Waals surface area contributed by atoms with E-state index in [0.717, 1.165) is 18.7 Å². The van der Waals surface area contributed by atoms with Gasteiger partial charge in [-0.3, -0.25) is 0 Å². The van der Waals surface area contributed by atoms with E-state index in [0.29, 0.717) is 0 Å². The molecule has 2 aromatic rings. The second kappa shape index (κ2) is 4.80. The molecule has 1 aromatic heterocycles. The topological polar surface area (TPSA) is 26.2 Å². The van der Waals surface area contributed by atoms with Gasteiger partial charge in [0.15, 0.2) is 0 Å². The maximum atomic E-state index is 5.44. The first-order valence-electron chi connectivity index (χ1n) is 5.96. The van der Waals surface area contributed by atoms with E-state index in [1.807, 2.05) is 13.1 Å². The fourth-order valence-electron chi connectivity index (χ4n) is 2.41. The molecule has 0 aliphatic heterocycles. The van der Waals surface area contributed by atoms with Crippen LogP contribution in [-0.2, 0) is 13.5 Å². The summed E-state index contributed by atoms with van der Waals surface area (Å²) in [6.07, 6.45) is 1.05. The molecule has 0 saturated carbocycles. The van der Waals surface area contributed by atoms with Gasteiger partial charge in [0.2, 0.25) is 0 Å². The number of nitrogens with zero attached hydrogens (tertiary/aromatic N) is 1. The molecular formula is C14H20N2O. The van der Waals surface area contributed by atoms with Crippen LogP contribution < -0.4 is 10.1 Å². The summed E-state index contributed by atoms with van der Waals surface area (Å²) in [5.74, 6) is 0.948. The number of benzene rings is 1. The lowest BCUT2D eigenvalue weighted by atomic mass is 10.1. The molecule has 0 fully saturated rings. The molecule has 1 heterocycles. The van der Waals surface area contributed by atoms with Crippen molar-refractivity contribution in [1.82, 2.24) is 9.88 Å². The van der Waals surface area contributed by atoms with Crippen molar-refractivity contribution in [1.29, 1.82) is 0 Å². The van der Waals surface area contributed by atoms with Crippen LogP contribution in [-0.4, -0.2) is 25.3 Å². The SMILES string of the molecule is CNCCc1c(C)n(C)c2c(OC)cccc12. The summed E-state index contributed by atoms with van der Waals surface area (Å²) in [5.41, 5.74) is 3.93. The van der Waals surface area contributed by atoms with Crippen LogP contribution in [0.15, 0.2) is 18.2 Å². The van der Waals surface area contributed by atoms with Crippen molar-refractivity contribution in [3.8, 4) is 5.75 Å². The molecule has 1 N–H and O–H groups in total. The smallest absolute Gasteiger partial charge is 0.143 e. The molecule has 92 valence electrons. The van der Waals surface area contributed by atoms with Crippen LogP contribution in [0.4, 0.5) is 0 Å². The van der Waals surface area contributed by atoms with E-state index in [1.165, 1.54) is 22.2 Å². The monoisotopic (exact) mass is 232 g/mol. The van der Waals surface area contributed by atoms with Gasteiger partial charge in [-0.15, -0.1) is 0 Å². The Kier molecular flexibility index (Phi) is 3.38. The highest BCUT2D eigenvalue weighted by Crippen LogP contribution is 2.31. The Morgan fingerprint density at radius 3 is 2.76 bits per heavy atom. The molecule has 2 rings (SSSR count). The molecule has 17 heavy (non-hydrogen) atoms. The standard InChI is InChI=1S/C14H20N2O/c1-10-11(8-9-15-2)12-6-5-7-13(17-4)14(12)16(10)3/h5-7,15H,8-9H2,1-4H3. The quantitative estimate of drug-likeness (QED) is 0.875. The molecule has 0 saturated heterocycles. The first-order valence-corrected chi connectivity index (χ1v) is 5.96. The largest absolute Gasteiger partial charge is 0.495 e. The van der Waals surface area contributed by atoms with Gasteiger partial charge >= 0.3 is 0 Å². The molecule has 0 bridgehead atoms. The Bertz CT molecular complexity index is 528. The highest BCUT2D eigenvalue weighted by molar-refractivity contribution is 5.90. The number of ether oxygens (including phenoxy) is 1. The van der Waals surface area contributed by atoms with Gasteiger partial charge in [0.1, 0.15) is 5.75 Å². The predicted octanol–water partition coefficient (Wildman–Crippen LogP) is 2.26. The zero-order valence-corrected chi connectivity index (χ0v) is 11.0. The van der Waals surface area contributed by atoms with Crippen molar-refractivity contribution in [2.24, 2.45) is 7.05 Å². The molecular weight excluding hydrogens is 212 g/mol. The summed E-state index contributed by atoms with van der Waals surface area (Å²) in [6.45, 7) is 3.17. The highest BCUT2D eigenvalue weighted by Gasteiger charge is 2.14. The van der Waals surface area contributed by atoms with Gasteiger partial charge in [0, 0.05) is 18.1 Å². The van der Waals surface area contributed by atoms with Crippen LogP contribution in [0.5, 0.6) is 5.75 Å². The third kappa shape index (κ3) is 1.91. The summed E-state index contributed by atoms with van der Waals surface area (Å²) >= 11 is 0. The van der Waals surface area contributed by atoms with E-state index in [-0.39, 0.29) is 0 Å². The number of fused-ring (bicyclic) bond motifs is 1. The van der Waals surface area contributed by atoms with Crippen molar-refractivity contribution in [3.05, 3.63) is 29.5 Å². The highest BCUT2D eigenvalue weighted by atomic mass is 16.5. The third-order valence-corrected chi connectivity index (χ3v) is 3.44. The number of rotatable bonds is 4. The van der Waals surface area contributed by atoms with Crippen molar-refractivity contribution < 1.29 is 4.74 Å². The molecule has 1 aromatic carbocycles. The Hall–Kier alpha value is -1.48. The summed E-state index contributed by atoms with van der Waals surface area (Å²) in [4.78, 5) is 0. The van der Waals surface area contributed by atoms with Crippen LogP contribution in [0, 0.1) is 6.92 Å². The molecule has 0 unspecified atom stereocenters. The van der Waals surface area contributed by atoms with Crippen LogP contribution in [0.2, 0.25) is 0 Å².